The van der Waals surface area contributed by atoms with Crippen molar-refractivity contribution in [1.29, 1.82) is 0 Å². The fraction of sp³-hybridized carbons (Fsp3) is 0.538. The van der Waals surface area contributed by atoms with Gasteiger partial charge in [0.2, 0.25) is 0 Å². The zero-order valence-electron chi connectivity index (χ0n) is 9.99. The quantitative estimate of drug-likeness (QED) is 0.933. The van der Waals surface area contributed by atoms with Crippen LogP contribution in [0.5, 0.6) is 11.5 Å². The standard InChI is InChI=1S/C13H18BrNO2/c1-16-11-6-7-13(12(14)8-11)17-10-4-2-9(15)3-5-10/h6-10H,2-5,15H2,1H3. The lowest BCUT2D eigenvalue weighted by Crippen LogP contribution is -2.31. The summed E-state index contributed by atoms with van der Waals surface area (Å²) < 4.78 is 12.1. The third kappa shape index (κ3) is 3.36. The highest BCUT2D eigenvalue weighted by atomic mass is 79.9. The second kappa shape index (κ2) is 5.74. The second-order valence-electron chi connectivity index (χ2n) is 4.45. The molecule has 1 aliphatic carbocycles. The smallest absolute Gasteiger partial charge is 0.134 e. The molecule has 1 aliphatic rings. The summed E-state index contributed by atoms with van der Waals surface area (Å²) in [4.78, 5) is 0. The molecule has 0 aromatic heterocycles. The summed E-state index contributed by atoms with van der Waals surface area (Å²) in [6, 6.07) is 6.13. The fourth-order valence-electron chi connectivity index (χ4n) is 2.09. The highest BCUT2D eigenvalue weighted by molar-refractivity contribution is 9.10. The highest BCUT2D eigenvalue weighted by Crippen LogP contribution is 2.32. The Balaban J connectivity index is 1.99. The van der Waals surface area contributed by atoms with Crippen LogP contribution >= 0.6 is 15.9 Å². The van der Waals surface area contributed by atoms with Gasteiger partial charge >= 0.3 is 0 Å². The number of hydrogen-bond acceptors (Lipinski definition) is 3. The van der Waals surface area contributed by atoms with Gasteiger partial charge in [-0.2, -0.15) is 0 Å². The van der Waals surface area contributed by atoms with Gasteiger partial charge in [0.05, 0.1) is 17.7 Å². The van der Waals surface area contributed by atoms with Gasteiger partial charge in [-0.15, -0.1) is 0 Å². The number of benzene rings is 1. The van der Waals surface area contributed by atoms with Gasteiger partial charge in [0.25, 0.3) is 0 Å². The van der Waals surface area contributed by atoms with Crippen molar-refractivity contribution in [2.45, 2.75) is 37.8 Å². The van der Waals surface area contributed by atoms with Crippen LogP contribution in [0.3, 0.4) is 0 Å². The van der Waals surface area contributed by atoms with Crippen molar-refractivity contribution in [3.05, 3.63) is 22.7 Å². The summed E-state index contributed by atoms with van der Waals surface area (Å²) in [5, 5.41) is 0. The Kier molecular flexibility index (Phi) is 4.29. The minimum atomic E-state index is 0.291. The predicted octanol–water partition coefficient (Wildman–Crippen LogP) is 3.11. The predicted molar refractivity (Wildman–Crippen MR) is 71.6 cm³/mol. The average molecular weight is 300 g/mol. The Labute approximate surface area is 110 Å². The molecule has 0 unspecified atom stereocenters. The van der Waals surface area contributed by atoms with Crippen LogP contribution in [0, 0.1) is 0 Å². The molecule has 3 nitrogen and oxygen atoms in total. The number of methoxy groups -OCH3 is 1. The maximum Gasteiger partial charge on any atom is 0.134 e. The largest absolute Gasteiger partial charge is 0.497 e. The molecule has 0 saturated heterocycles. The van der Waals surface area contributed by atoms with E-state index in [0.29, 0.717) is 12.1 Å². The molecular weight excluding hydrogens is 282 g/mol. The summed E-state index contributed by atoms with van der Waals surface area (Å²) >= 11 is 3.50. The molecule has 17 heavy (non-hydrogen) atoms. The number of ether oxygens (including phenoxy) is 2. The molecule has 2 N–H and O–H groups in total. The van der Waals surface area contributed by atoms with Crippen molar-refractivity contribution < 1.29 is 9.47 Å². The Morgan fingerprint density at radius 1 is 1.24 bits per heavy atom. The van der Waals surface area contributed by atoms with E-state index < -0.39 is 0 Å². The highest BCUT2D eigenvalue weighted by Gasteiger charge is 2.20. The molecule has 1 fully saturated rings. The number of rotatable bonds is 3. The van der Waals surface area contributed by atoms with E-state index in [1.165, 1.54) is 0 Å². The van der Waals surface area contributed by atoms with Crippen LogP contribution in [0.25, 0.3) is 0 Å². The van der Waals surface area contributed by atoms with Crippen molar-refractivity contribution in [3.63, 3.8) is 0 Å². The Bertz CT molecular complexity index is 376. The van der Waals surface area contributed by atoms with Crippen LogP contribution in [0.1, 0.15) is 25.7 Å². The van der Waals surface area contributed by atoms with E-state index >= 15 is 0 Å². The summed E-state index contributed by atoms with van der Waals surface area (Å²) in [6.45, 7) is 0. The van der Waals surface area contributed by atoms with E-state index in [0.717, 1.165) is 41.7 Å². The summed E-state index contributed by atoms with van der Waals surface area (Å²) in [5.74, 6) is 1.71. The van der Waals surface area contributed by atoms with E-state index in [-0.39, 0.29) is 0 Å². The van der Waals surface area contributed by atoms with E-state index in [9.17, 15) is 0 Å². The van der Waals surface area contributed by atoms with Gasteiger partial charge in [0.15, 0.2) is 0 Å². The molecule has 1 aromatic carbocycles. The maximum atomic E-state index is 5.98. The first-order chi connectivity index (χ1) is 8.19. The number of halogens is 1. The van der Waals surface area contributed by atoms with E-state index in [2.05, 4.69) is 15.9 Å². The monoisotopic (exact) mass is 299 g/mol. The van der Waals surface area contributed by atoms with Gasteiger partial charge in [0.1, 0.15) is 11.5 Å². The molecule has 0 spiro atoms. The van der Waals surface area contributed by atoms with Crippen LogP contribution in [-0.2, 0) is 0 Å². The van der Waals surface area contributed by atoms with E-state index in [1.54, 1.807) is 7.11 Å². The zero-order valence-corrected chi connectivity index (χ0v) is 11.6. The summed E-state index contributed by atoms with van der Waals surface area (Å²) in [5.41, 5.74) is 5.88. The molecule has 94 valence electrons. The third-order valence-corrected chi connectivity index (χ3v) is 3.77. The minimum absolute atomic E-state index is 0.291. The molecule has 0 amide bonds. The molecule has 2 rings (SSSR count). The zero-order chi connectivity index (χ0) is 12.3. The first-order valence-electron chi connectivity index (χ1n) is 5.95. The van der Waals surface area contributed by atoms with Gasteiger partial charge in [-0.1, -0.05) is 0 Å². The normalized spacial score (nSPS) is 24.4. The second-order valence-corrected chi connectivity index (χ2v) is 5.31. The van der Waals surface area contributed by atoms with Gasteiger partial charge < -0.3 is 15.2 Å². The number of hydrogen-bond donors (Lipinski definition) is 1. The molecule has 4 heteroatoms. The minimum Gasteiger partial charge on any atom is -0.497 e. The first-order valence-corrected chi connectivity index (χ1v) is 6.74. The van der Waals surface area contributed by atoms with Crippen LogP contribution < -0.4 is 15.2 Å². The molecule has 0 radical (unpaired) electrons. The summed E-state index contributed by atoms with van der Waals surface area (Å²) in [6.07, 6.45) is 4.48. The Morgan fingerprint density at radius 3 is 2.53 bits per heavy atom. The van der Waals surface area contributed by atoms with Crippen molar-refractivity contribution in [2.24, 2.45) is 5.73 Å². The lowest BCUT2D eigenvalue weighted by atomic mass is 9.94. The molecule has 1 aromatic rings. The first kappa shape index (κ1) is 12.7. The van der Waals surface area contributed by atoms with E-state index in [4.69, 9.17) is 15.2 Å². The molecule has 0 bridgehead atoms. The van der Waals surface area contributed by atoms with Crippen molar-refractivity contribution in [3.8, 4) is 11.5 Å². The molecule has 0 heterocycles. The molecule has 0 atom stereocenters. The topological polar surface area (TPSA) is 44.5 Å². The van der Waals surface area contributed by atoms with Crippen LogP contribution in [0.4, 0.5) is 0 Å². The van der Waals surface area contributed by atoms with Crippen LogP contribution in [-0.4, -0.2) is 19.3 Å². The molecular formula is C13H18BrNO2. The lowest BCUT2D eigenvalue weighted by Gasteiger charge is -2.27. The van der Waals surface area contributed by atoms with Crippen molar-refractivity contribution >= 4 is 15.9 Å². The van der Waals surface area contributed by atoms with Gasteiger partial charge in [-0.3, -0.25) is 0 Å². The summed E-state index contributed by atoms with van der Waals surface area (Å²) in [7, 11) is 1.66. The Morgan fingerprint density at radius 2 is 1.94 bits per heavy atom. The number of nitrogens with two attached hydrogens (primary N) is 1. The third-order valence-electron chi connectivity index (χ3n) is 3.15. The fourth-order valence-corrected chi connectivity index (χ4v) is 2.54. The Hall–Kier alpha value is -0.740. The lowest BCUT2D eigenvalue weighted by molar-refractivity contribution is 0.146. The van der Waals surface area contributed by atoms with Crippen molar-refractivity contribution in [2.75, 3.05) is 7.11 Å². The average Bonchev–Trinajstić information content (AvgIpc) is 2.34. The van der Waals surface area contributed by atoms with Crippen molar-refractivity contribution in [1.82, 2.24) is 0 Å². The molecule has 0 aliphatic heterocycles. The maximum absolute atomic E-state index is 5.98. The SMILES string of the molecule is COc1ccc(OC2CCC(N)CC2)c(Br)c1. The van der Waals surface area contributed by atoms with Crippen LogP contribution in [0.15, 0.2) is 22.7 Å². The molecule has 1 saturated carbocycles. The van der Waals surface area contributed by atoms with Gasteiger partial charge in [-0.25, -0.2) is 0 Å². The van der Waals surface area contributed by atoms with E-state index in [1.807, 2.05) is 18.2 Å². The van der Waals surface area contributed by atoms with Crippen LogP contribution in [0.2, 0.25) is 0 Å². The van der Waals surface area contributed by atoms with Gasteiger partial charge in [0, 0.05) is 6.04 Å². The van der Waals surface area contributed by atoms with Gasteiger partial charge in [-0.05, 0) is 59.8 Å².